The predicted molar refractivity (Wildman–Crippen MR) is 91.5 cm³/mol. The lowest BCUT2D eigenvalue weighted by Crippen LogP contribution is -2.33. The van der Waals surface area contributed by atoms with Gasteiger partial charge in [-0.05, 0) is 42.5 Å². The Kier molecular flexibility index (Phi) is 4.50. The van der Waals surface area contributed by atoms with Crippen LogP contribution in [-0.2, 0) is 27.3 Å². The molecule has 1 aliphatic heterocycles. The second-order valence-corrected chi connectivity index (χ2v) is 7.21. The van der Waals surface area contributed by atoms with Gasteiger partial charge in [0.15, 0.2) is 5.78 Å². The number of aldehydes is 1. The molecule has 0 spiro atoms. The molecule has 2 unspecified atom stereocenters. The fourth-order valence-electron chi connectivity index (χ4n) is 3.99. The van der Waals surface area contributed by atoms with Gasteiger partial charge in [0.2, 0.25) is 0 Å². The van der Waals surface area contributed by atoms with Crippen LogP contribution in [0, 0.1) is 11.3 Å². The number of carbonyl (C=O) groups excluding carboxylic acids is 3. The highest BCUT2D eigenvalue weighted by atomic mass is 16.2. The number of carbonyl (C=O) groups is 3. The SMILES string of the molecule is C=C1C(=O)C2(C=O)CC(=O)CC1C2.CN1CCc2ccccc2C1. The van der Waals surface area contributed by atoms with Crippen molar-refractivity contribution < 1.29 is 14.4 Å². The van der Waals surface area contributed by atoms with E-state index in [1.807, 2.05) is 0 Å². The fourth-order valence-corrected chi connectivity index (χ4v) is 3.99. The number of benzene rings is 1. The molecule has 4 heteroatoms. The van der Waals surface area contributed by atoms with Gasteiger partial charge in [-0.25, -0.2) is 0 Å². The number of ketones is 2. The lowest BCUT2D eigenvalue weighted by Gasteiger charge is -2.24. The number of rotatable bonds is 1. The Balaban J connectivity index is 0.000000143. The van der Waals surface area contributed by atoms with Crippen LogP contribution in [0.25, 0.3) is 0 Å². The van der Waals surface area contributed by atoms with E-state index >= 15 is 0 Å². The zero-order valence-corrected chi connectivity index (χ0v) is 14.1. The van der Waals surface area contributed by atoms with Crippen molar-refractivity contribution in [1.82, 2.24) is 4.90 Å². The van der Waals surface area contributed by atoms with Gasteiger partial charge >= 0.3 is 0 Å². The highest BCUT2D eigenvalue weighted by Crippen LogP contribution is 2.48. The van der Waals surface area contributed by atoms with Crippen LogP contribution < -0.4 is 0 Å². The van der Waals surface area contributed by atoms with Gasteiger partial charge in [0.1, 0.15) is 12.1 Å². The third-order valence-corrected chi connectivity index (χ3v) is 5.38. The van der Waals surface area contributed by atoms with Gasteiger partial charge in [-0.3, -0.25) is 9.59 Å². The summed E-state index contributed by atoms with van der Waals surface area (Å²) in [4.78, 5) is 36.0. The van der Waals surface area contributed by atoms with E-state index in [0.717, 1.165) is 6.54 Å². The number of hydrogen-bond acceptors (Lipinski definition) is 4. The molecular formula is C20H23NO3. The Morgan fingerprint density at radius 1 is 1.25 bits per heavy atom. The minimum absolute atomic E-state index is 0.00958. The van der Waals surface area contributed by atoms with Crippen molar-refractivity contribution in [3.05, 3.63) is 47.5 Å². The summed E-state index contributed by atoms with van der Waals surface area (Å²) in [6.45, 7) is 5.97. The van der Waals surface area contributed by atoms with Gasteiger partial charge in [0.05, 0.1) is 5.41 Å². The summed E-state index contributed by atoms with van der Waals surface area (Å²) in [6.07, 6.45) is 2.83. The second kappa shape index (κ2) is 6.44. The average molecular weight is 325 g/mol. The topological polar surface area (TPSA) is 54.5 Å². The van der Waals surface area contributed by atoms with Gasteiger partial charge in [-0.1, -0.05) is 30.8 Å². The van der Waals surface area contributed by atoms with Crippen molar-refractivity contribution in [2.24, 2.45) is 11.3 Å². The minimum atomic E-state index is -1.03. The van der Waals surface area contributed by atoms with Crippen LogP contribution in [0.4, 0.5) is 0 Å². The monoisotopic (exact) mass is 325 g/mol. The van der Waals surface area contributed by atoms with Gasteiger partial charge in [-0.15, -0.1) is 0 Å². The molecule has 2 atom stereocenters. The van der Waals surface area contributed by atoms with Gasteiger partial charge in [-0.2, -0.15) is 0 Å². The van der Waals surface area contributed by atoms with E-state index in [0.29, 0.717) is 24.7 Å². The van der Waals surface area contributed by atoms with E-state index in [1.165, 1.54) is 24.1 Å². The molecule has 2 saturated carbocycles. The molecule has 2 aliphatic carbocycles. The van der Waals surface area contributed by atoms with E-state index in [-0.39, 0.29) is 23.9 Å². The first-order chi connectivity index (χ1) is 11.4. The lowest BCUT2D eigenvalue weighted by atomic mass is 9.76. The largest absolute Gasteiger partial charge is 0.302 e. The zero-order chi connectivity index (χ0) is 17.3. The van der Waals surface area contributed by atoms with E-state index < -0.39 is 5.41 Å². The first-order valence-corrected chi connectivity index (χ1v) is 8.42. The molecule has 4 nitrogen and oxygen atoms in total. The quantitative estimate of drug-likeness (QED) is 0.452. The Morgan fingerprint density at radius 3 is 2.67 bits per heavy atom. The molecule has 0 radical (unpaired) electrons. The summed E-state index contributed by atoms with van der Waals surface area (Å²) in [7, 11) is 2.18. The fraction of sp³-hybridized carbons (Fsp3) is 0.450. The Hall–Kier alpha value is -2.07. The Bertz CT molecular complexity index is 709. The number of allylic oxidation sites excluding steroid dienone is 1. The van der Waals surface area contributed by atoms with Crippen molar-refractivity contribution in [3.63, 3.8) is 0 Å². The first-order valence-electron chi connectivity index (χ1n) is 8.42. The maximum atomic E-state index is 11.6. The number of likely N-dealkylation sites (N-methyl/N-ethyl adjacent to an activating group) is 1. The van der Waals surface area contributed by atoms with Crippen molar-refractivity contribution >= 4 is 17.9 Å². The van der Waals surface area contributed by atoms with E-state index in [1.54, 1.807) is 0 Å². The van der Waals surface area contributed by atoms with Crippen molar-refractivity contribution in [2.45, 2.75) is 32.2 Å². The molecule has 3 aliphatic rings. The summed E-state index contributed by atoms with van der Waals surface area (Å²) < 4.78 is 0. The van der Waals surface area contributed by atoms with Gasteiger partial charge in [0.25, 0.3) is 0 Å². The molecule has 4 rings (SSSR count). The number of Topliss-reactive ketones (excluding diaryl/α,β-unsaturated/α-hetero) is 2. The first kappa shape index (κ1) is 16.8. The van der Waals surface area contributed by atoms with Crippen LogP contribution >= 0.6 is 0 Å². The van der Waals surface area contributed by atoms with E-state index in [2.05, 4.69) is 42.8 Å². The predicted octanol–water partition coefficient (Wildman–Crippen LogP) is 2.35. The molecule has 2 fully saturated rings. The van der Waals surface area contributed by atoms with Crippen molar-refractivity contribution in [3.8, 4) is 0 Å². The number of fused-ring (bicyclic) bond motifs is 3. The summed E-state index contributed by atoms with van der Waals surface area (Å²) in [5.41, 5.74) is 2.47. The van der Waals surface area contributed by atoms with Crippen LogP contribution in [0.5, 0.6) is 0 Å². The standard InChI is InChI=1S/C10H13N.C10H10O3/c1-11-7-6-9-4-2-3-5-10(9)8-11;1-6-7-2-8(12)4-10(3-7,5-11)9(6)13/h2-5H,6-8H2,1H3;5,7H,1-4H2. The molecule has 126 valence electrons. The van der Waals surface area contributed by atoms with Crippen molar-refractivity contribution in [2.75, 3.05) is 13.6 Å². The Labute approximate surface area is 142 Å². The summed E-state index contributed by atoms with van der Waals surface area (Å²) in [5.74, 6) is -0.271. The summed E-state index contributed by atoms with van der Waals surface area (Å²) >= 11 is 0. The molecule has 0 aromatic heterocycles. The van der Waals surface area contributed by atoms with Gasteiger partial charge < -0.3 is 9.69 Å². The molecule has 24 heavy (non-hydrogen) atoms. The Morgan fingerprint density at radius 2 is 1.96 bits per heavy atom. The minimum Gasteiger partial charge on any atom is -0.302 e. The maximum Gasteiger partial charge on any atom is 0.172 e. The third kappa shape index (κ3) is 2.98. The van der Waals surface area contributed by atoms with Crippen LogP contribution in [0.2, 0.25) is 0 Å². The molecule has 2 bridgehead atoms. The van der Waals surface area contributed by atoms with E-state index in [4.69, 9.17) is 0 Å². The second-order valence-electron chi connectivity index (χ2n) is 7.21. The molecule has 1 aromatic rings. The number of nitrogens with zero attached hydrogens (tertiary/aromatic N) is 1. The zero-order valence-electron chi connectivity index (χ0n) is 14.1. The molecule has 1 aromatic carbocycles. The third-order valence-electron chi connectivity index (χ3n) is 5.38. The average Bonchev–Trinajstić information content (AvgIpc) is 2.76. The van der Waals surface area contributed by atoms with Gasteiger partial charge in [0, 0.05) is 25.9 Å². The molecule has 1 heterocycles. The van der Waals surface area contributed by atoms with Crippen LogP contribution in [0.3, 0.4) is 0 Å². The molecular weight excluding hydrogens is 302 g/mol. The number of hydrogen-bond donors (Lipinski definition) is 0. The van der Waals surface area contributed by atoms with Crippen LogP contribution in [0.1, 0.15) is 30.4 Å². The maximum absolute atomic E-state index is 11.6. The molecule has 0 saturated heterocycles. The van der Waals surface area contributed by atoms with Crippen molar-refractivity contribution in [1.29, 1.82) is 0 Å². The molecule has 0 amide bonds. The smallest absolute Gasteiger partial charge is 0.172 e. The molecule has 0 N–H and O–H groups in total. The summed E-state index contributed by atoms with van der Waals surface area (Å²) in [5, 5.41) is 0. The highest BCUT2D eigenvalue weighted by Gasteiger charge is 2.53. The normalized spacial score (nSPS) is 28.9. The lowest BCUT2D eigenvalue weighted by molar-refractivity contribution is -0.137. The highest BCUT2D eigenvalue weighted by molar-refractivity contribution is 6.14. The summed E-state index contributed by atoms with van der Waals surface area (Å²) in [6, 6.07) is 8.72. The van der Waals surface area contributed by atoms with Crippen LogP contribution in [0.15, 0.2) is 36.4 Å². The van der Waals surface area contributed by atoms with Crippen LogP contribution in [-0.4, -0.2) is 36.3 Å². The van der Waals surface area contributed by atoms with E-state index in [9.17, 15) is 14.4 Å².